The minimum Gasteiger partial charge on any atom is -0.423 e. The highest BCUT2D eigenvalue weighted by atomic mass is 16.5. The Labute approximate surface area is 132 Å². The largest absolute Gasteiger partial charge is 0.423 e. The lowest BCUT2D eigenvalue weighted by Crippen LogP contribution is -2.08. The van der Waals surface area contributed by atoms with E-state index in [2.05, 4.69) is 13.5 Å². The highest BCUT2D eigenvalue weighted by molar-refractivity contribution is 5.94. The summed E-state index contributed by atoms with van der Waals surface area (Å²) in [6.45, 7) is 7.30. The lowest BCUT2D eigenvalue weighted by molar-refractivity contribution is -0.130. The van der Waals surface area contributed by atoms with Crippen molar-refractivity contribution in [2.75, 3.05) is 0 Å². The van der Waals surface area contributed by atoms with Crippen molar-refractivity contribution in [2.45, 2.75) is 46.0 Å². The summed E-state index contributed by atoms with van der Waals surface area (Å²) in [7, 11) is 0. The van der Waals surface area contributed by atoms with E-state index in [1.807, 2.05) is 12.1 Å². The second-order valence-electron chi connectivity index (χ2n) is 5.32. The van der Waals surface area contributed by atoms with Gasteiger partial charge in [-0.2, -0.15) is 0 Å². The first-order chi connectivity index (χ1) is 10.5. The third-order valence-corrected chi connectivity index (χ3v) is 3.20. The first-order valence-corrected chi connectivity index (χ1v) is 7.72. The summed E-state index contributed by atoms with van der Waals surface area (Å²) in [6.07, 6.45) is 8.14. The molecule has 1 aromatic rings. The second-order valence-corrected chi connectivity index (χ2v) is 5.32. The van der Waals surface area contributed by atoms with Gasteiger partial charge in [0.15, 0.2) is 5.78 Å². The lowest BCUT2D eigenvalue weighted by atomic mass is 10.1. The molecule has 0 saturated carbocycles. The van der Waals surface area contributed by atoms with Crippen molar-refractivity contribution >= 4 is 17.8 Å². The van der Waals surface area contributed by atoms with Gasteiger partial charge < -0.3 is 4.74 Å². The highest BCUT2D eigenvalue weighted by Gasteiger charge is 2.08. The van der Waals surface area contributed by atoms with Gasteiger partial charge >= 0.3 is 5.97 Å². The van der Waals surface area contributed by atoms with Gasteiger partial charge in [-0.1, -0.05) is 51.0 Å². The number of hydrogen-bond donors (Lipinski definition) is 0. The van der Waals surface area contributed by atoms with Crippen LogP contribution in [0.2, 0.25) is 0 Å². The van der Waals surface area contributed by atoms with Gasteiger partial charge in [-0.05, 0) is 31.6 Å². The monoisotopic (exact) mass is 300 g/mol. The average Bonchev–Trinajstić information content (AvgIpc) is 2.50. The molecule has 0 N–H and O–H groups in total. The fraction of sp³-hybridized carbons (Fsp3) is 0.368. The third kappa shape index (κ3) is 6.53. The summed E-state index contributed by atoms with van der Waals surface area (Å²) < 4.78 is 5.25. The van der Waals surface area contributed by atoms with Gasteiger partial charge in [-0.15, -0.1) is 0 Å². The standard InChI is InChI=1S/C19H24O3/c1-4-5-6-7-11-17(20)14-13-16-10-8-9-12-18(16)22-19(21)15(2)3/h8-10,12-14H,2,4-7,11H2,1,3H3. The van der Waals surface area contributed by atoms with Crippen LogP contribution >= 0.6 is 0 Å². The van der Waals surface area contributed by atoms with Gasteiger partial charge in [-0.25, -0.2) is 4.79 Å². The van der Waals surface area contributed by atoms with Gasteiger partial charge in [0.2, 0.25) is 0 Å². The Morgan fingerprint density at radius 3 is 2.59 bits per heavy atom. The smallest absolute Gasteiger partial charge is 0.338 e. The molecule has 0 spiro atoms. The first-order valence-electron chi connectivity index (χ1n) is 7.72. The van der Waals surface area contributed by atoms with Crippen LogP contribution in [0.4, 0.5) is 0 Å². The molecule has 1 rings (SSSR count). The molecule has 0 atom stereocenters. The third-order valence-electron chi connectivity index (χ3n) is 3.20. The van der Waals surface area contributed by atoms with Crippen molar-refractivity contribution in [3.05, 3.63) is 48.1 Å². The molecule has 0 saturated heterocycles. The maximum atomic E-state index is 11.8. The molecular formula is C19H24O3. The van der Waals surface area contributed by atoms with Crippen molar-refractivity contribution in [1.29, 1.82) is 0 Å². The molecule has 0 amide bonds. The van der Waals surface area contributed by atoms with Crippen LogP contribution in [0.1, 0.15) is 51.5 Å². The zero-order valence-corrected chi connectivity index (χ0v) is 13.4. The Morgan fingerprint density at radius 1 is 1.18 bits per heavy atom. The van der Waals surface area contributed by atoms with Crippen molar-refractivity contribution in [1.82, 2.24) is 0 Å². The van der Waals surface area contributed by atoms with E-state index in [0.29, 0.717) is 23.3 Å². The summed E-state index contributed by atoms with van der Waals surface area (Å²) >= 11 is 0. The molecule has 0 aromatic heterocycles. The Balaban J connectivity index is 2.64. The minimum atomic E-state index is -0.466. The maximum absolute atomic E-state index is 11.8. The van der Waals surface area contributed by atoms with Crippen LogP contribution in [0.15, 0.2) is 42.5 Å². The molecule has 0 aliphatic carbocycles. The molecule has 3 heteroatoms. The van der Waals surface area contributed by atoms with E-state index in [4.69, 9.17) is 4.74 Å². The summed E-state index contributed by atoms with van der Waals surface area (Å²) in [5, 5.41) is 0. The van der Waals surface area contributed by atoms with Crippen LogP contribution in [-0.4, -0.2) is 11.8 Å². The van der Waals surface area contributed by atoms with Gasteiger partial charge in [0.25, 0.3) is 0 Å². The van der Waals surface area contributed by atoms with Crippen molar-refractivity contribution in [3.63, 3.8) is 0 Å². The van der Waals surface area contributed by atoms with Gasteiger partial charge in [-0.3, -0.25) is 4.79 Å². The van der Waals surface area contributed by atoms with Gasteiger partial charge in [0, 0.05) is 17.6 Å². The predicted octanol–water partition coefficient (Wildman–Crippen LogP) is 4.72. The molecule has 0 aliphatic heterocycles. The molecule has 3 nitrogen and oxygen atoms in total. The van der Waals surface area contributed by atoms with Crippen LogP contribution in [0.25, 0.3) is 6.08 Å². The SMILES string of the molecule is C=C(C)C(=O)Oc1ccccc1C=CC(=O)CCCCCC. The molecule has 0 fully saturated rings. The lowest BCUT2D eigenvalue weighted by Gasteiger charge is -2.06. The molecule has 118 valence electrons. The van der Waals surface area contributed by atoms with Crippen LogP contribution < -0.4 is 4.74 Å². The number of allylic oxidation sites excluding steroid dienone is 1. The highest BCUT2D eigenvalue weighted by Crippen LogP contribution is 2.20. The molecule has 0 bridgehead atoms. The molecule has 0 heterocycles. The average molecular weight is 300 g/mol. The zero-order valence-electron chi connectivity index (χ0n) is 13.4. The van der Waals surface area contributed by atoms with E-state index >= 15 is 0 Å². The molecule has 1 aromatic carbocycles. The van der Waals surface area contributed by atoms with E-state index in [9.17, 15) is 9.59 Å². The Kier molecular flexibility index (Phi) is 7.90. The quantitative estimate of drug-likeness (QED) is 0.287. The predicted molar refractivity (Wildman–Crippen MR) is 89.7 cm³/mol. The second kappa shape index (κ2) is 9.72. The molecule has 22 heavy (non-hydrogen) atoms. The number of hydrogen-bond acceptors (Lipinski definition) is 3. The zero-order chi connectivity index (χ0) is 16.4. The summed E-state index contributed by atoms with van der Waals surface area (Å²) in [5.74, 6) is 0.0643. The van der Waals surface area contributed by atoms with Gasteiger partial charge in [0.1, 0.15) is 5.75 Å². The van der Waals surface area contributed by atoms with E-state index in [1.54, 1.807) is 31.2 Å². The van der Waals surface area contributed by atoms with Crippen LogP contribution in [0.3, 0.4) is 0 Å². The topological polar surface area (TPSA) is 43.4 Å². The number of ketones is 1. The minimum absolute atomic E-state index is 0.0946. The van der Waals surface area contributed by atoms with E-state index in [1.165, 1.54) is 0 Å². The number of carbonyl (C=O) groups excluding carboxylic acids is 2. The Morgan fingerprint density at radius 2 is 1.91 bits per heavy atom. The fourth-order valence-corrected chi connectivity index (χ4v) is 1.89. The van der Waals surface area contributed by atoms with E-state index in [0.717, 1.165) is 25.7 Å². The van der Waals surface area contributed by atoms with E-state index < -0.39 is 5.97 Å². The van der Waals surface area contributed by atoms with Crippen LogP contribution in [-0.2, 0) is 9.59 Å². The number of para-hydroxylation sites is 1. The first kappa shape index (κ1) is 17.9. The molecule has 0 unspecified atom stereocenters. The molecule has 0 aliphatic rings. The normalized spacial score (nSPS) is 10.6. The summed E-state index contributed by atoms with van der Waals surface area (Å²) in [5.41, 5.74) is 1.05. The summed E-state index contributed by atoms with van der Waals surface area (Å²) in [4.78, 5) is 23.4. The van der Waals surface area contributed by atoms with Crippen LogP contribution in [0, 0.1) is 0 Å². The summed E-state index contributed by atoms with van der Waals surface area (Å²) in [6, 6.07) is 7.13. The number of benzene rings is 1. The Bertz CT molecular complexity index is 556. The van der Waals surface area contributed by atoms with Crippen molar-refractivity contribution < 1.29 is 14.3 Å². The number of carbonyl (C=O) groups is 2. The van der Waals surface area contributed by atoms with Crippen LogP contribution in [0.5, 0.6) is 5.75 Å². The number of unbranched alkanes of at least 4 members (excludes halogenated alkanes) is 3. The maximum Gasteiger partial charge on any atom is 0.338 e. The molecule has 0 radical (unpaired) electrons. The fourth-order valence-electron chi connectivity index (χ4n) is 1.89. The molecular weight excluding hydrogens is 276 g/mol. The number of ether oxygens (including phenoxy) is 1. The van der Waals surface area contributed by atoms with Crippen molar-refractivity contribution in [2.24, 2.45) is 0 Å². The Hall–Kier alpha value is -2.16. The van der Waals surface area contributed by atoms with E-state index in [-0.39, 0.29) is 5.78 Å². The number of esters is 1. The number of rotatable bonds is 9. The van der Waals surface area contributed by atoms with Gasteiger partial charge in [0.05, 0.1) is 0 Å². The van der Waals surface area contributed by atoms with Crippen molar-refractivity contribution in [3.8, 4) is 5.75 Å².